The molecule has 0 bridgehead atoms. The fourth-order valence-corrected chi connectivity index (χ4v) is 4.08. The Morgan fingerprint density at radius 2 is 1.83 bits per heavy atom. The fourth-order valence-electron chi connectivity index (χ4n) is 3.76. The fraction of sp³-hybridized carbons (Fsp3) is 0.778. The Morgan fingerprint density at radius 1 is 1.08 bits per heavy atom. The molecular weight excluding hydrogens is 318 g/mol. The number of hydrogen-bond acceptors (Lipinski definition) is 6. The second-order valence-corrected chi connectivity index (χ2v) is 7.91. The van der Waals surface area contributed by atoms with Crippen molar-refractivity contribution < 1.29 is 0 Å². The summed E-state index contributed by atoms with van der Waals surface area (Å²) in [6, 6.07) is 0.721. The lowest BCUT2D eigenvalue weighted by atomic mass is 9.98. The topological polar surface area (TPSA) is 35.5 Å². The van der Waals surface area contributed by atoms with Crippen molar-refractivity contribution in [1.29, 1.82) is 0 Å². The molecule has 0 unspecified atom stereocenters. The van der Waals surface area contributed by atoms with Gasteiger partial charge in [0.15, 0.2) is 5.16 Å². The quantitative estimate of drug-likeness (QED) is 0.579. The number of likely N-dealkylation sites (N-methyl/N-ethyl adjacent to an activating group) is 1. The molecule has 1 atom stereocenters. The summed E-state index contributed by atoms with van der Waals surface area (Å²) in [4.78, 5) is 16.6. The number of aromatic nitrogens is 2. The van der Waals surface area contributed by atoms with Gasteiger partial charge in [-0.1, -0.05) is 18.2 Å². The Morgan fingerprint density at radius 3 is 2.54 bits per heavy atom. The third-order valence-corrected chi connectivity index (χ3v) is 5.95. The Kier molecular flexibility index (Phi) is 6.89. The minimum Gasteiger partial charge on any atom is -0.304 e. The van der Waals surface area contributed by atoms with Crippen molar-refractivity contribution in [1.82, 2.24) is 24.7 Å². The third kappa shape index (κ3) is 5.15. The minimum atomic E-state index is 0.721. The Hall–Kier alpha value is -0.690. The highest BCUT2D eigenvalue weighted by molar-refractivity contribution is 7.98. The highest BCUT2D eigenvalue weighted by Crippen LogP contribution is 2.22. The molecule has 134 valence electrons. The van der Waals surface area contributed by atoms with E-state index in [9.17, 15) is 0 Å². The first kappa shape index (κ1) is 18.1. The SMILES string of the molecule is CSc1ncc(CN2CCCC[C@@H]2CCN2CCN(C)CC2)cn1. The lowest BCUT2D eigenvalue weighted by molar-refractivity contribution is 0.101. The second-order valence-electron chi connectivity index (χ2n) is 7.13. The zero-order valence-electron chi connectivity index (χ0n) is 15.2. The van der Waals surface area contributed by atoms with E-state index in [-0.39, 0.29) is 0 Å². The van der Waals surface area contributed by atoms with E-state index in [1.54, 1.807) is 11.8 Å². The van der Waals surface area contributed by atoms with Crippen LogP contribution in [0.2, 0.25) is 0 Å². The smallest absolute Gasteiger partial charge is 0.187 e. The van der Waals surface area contributed by atoms with Gasteiger partial charge in [-0.05, 0) is 45.7 Å². The van der Waals surface area contributed by atoms with Crippen molar-refractivity contribution in [2.24, 2.45) is 0 Å². The summed E-state index contributed by atoms with van der Waals surface area (Å²) >= 11 is 1.60. The molecule has 3 rings (SSSR count). The van der Waals surface area contributed by atoms with Gasteiger partial charge in [0.1, 0.15) is 0 Å². The molecule has 3 heterocycles. The maximum Gasteiger partial charge on any atom is 0.187 e. The van der Waals surface area contributed by atoms with Crippen LogP contribution in [0.3, 0.4) is 0 Å². The van der Waals surface area contributed by atoms with E-state index in [0.29, 0.717) is 0 Å². The molecule has 0 aromatic carbocycles. The number of rotatable bonds is 6. The molecule has 0 aliphatic carbocycles. The van der Waals surface area contributed by atoms with Crippen LogP contribution in [0.4, 0.5) is 0 Å². The average molecular weight is 350 g/mol. The lowest BCUT2D eigenvalue weighted by Crippen LogP contribution is -2.47. The van der Waals surface area contributed by atoms with Crippen molar-refractivity contribution in [3.8, 4) is 0 Å². The molecule has 0 spiro atoms. The Balaban J connectivity index is 1.50. The van der Waals surface area contributed by atoms with Gasteiger partial charge in [-0.3, -0.25) is 4.90 Å². The predicted octanol–water partition coefficient (Wildman–Crippen LogP) is 2.19. The molecular formula is C18H31N5S. The number of piperidine rings is 1. The van der Waals surface area contributed by atoms with Crippen molar-refractivity contribution in [3.05, 3.63) is 18.0 Å². The lowest BCUT2D eigenvalue weighted by Gasteiger charge is -2.38. The largest absolute Gasteiger partial charge is 0.304 e. The first-order valence-corrected chi connectivity index (χ1v) is 10.5. The van der Waals surface area contributed by atoms with Crippen LogP contribution in [0.15, 0.2) is 17.6 Å². The van der Waals surface area contributed by atoms with Crippen molar-refractivity contribution in [3.63, 3.8) is 0 Å². The molecule has 2 aliphatic heterocycles. The first-order valence-electron chi connectivity index (χ1n) is 9.24. The molecule has 2 fully saturated rings. The van der Waals surface area contributed by atoms with Crippen LogP contribution in [0.1, 0.15) is 31.2 Å². The zero-order valence-corrected chi connectivity index (χ0v) is 16.0. The van der Waals surface area contributed by atoms with E-state index in [0.717, 1.165) is 17.7 Å². The summed E-state index contributed by atoms with van der Waals surface area (Å²) in [6.45, 7) is 8.36. The second kappa shape index (κ2) is 9.13. The van der Waals surface area contributed by atoms with Crippen molar-refractivity contribution in [2.45, 2.75) is 43.4 Å². The maximum atomic E-state index is 4.43. The molecule has 1 aromatic heterocycles. The van der Waals surface area contributed by atoms with Crippen LogP contribution in [0.25, 0.3) is 0 Å². The van der Waals surface area contributed by atoms with Gasteiger partial charge < -0.3 is 9.80 Å². The molecule has 2 aliphatic rings. The molecule has 5 nitrogen and oxygen atoms in total. The van der Waals surface area contributed by atoms with Gasteiger partial charge in [-0.15, -0.1) is 0 Å². The first-order chi connectivity index (χ1) is 11.7. The monoisotopic (exact) mass is 349 g/mol. The van der Waals surface area contributed by atoms with E-state index in [1.807, 2.05) is 18.6 Å². The van der Waals surface area contributed by atoms with Crippen LogP contribution in [0.5, 0.6) is 0 Å². The van der Waals surface area contributed by atoms with Gasteiger partial charge in [0.2, 0.25) is 0 Å². The highest BCUT2D eigenvalue weighted by atomic mass is 32.2. The molecule has 6 heteroatoms. The average Bonchev–Trinajstić information content (AvgIpc) is 2.63. The number of hydrogen-bond donors (Lipinski definition) is 0. The van der Waals surface area contributed by atoms with Gasteiger partial charge in [0.05, 0.1) is 0 Å². The molecule has 0 N–H and O–H groups in total. The van der Waals surface area contributed by atoms with E-state index in [4.69, 9.17) is 0 Å². The van der Waals surface area contributed by atoms with Crippen molar-refractivity contribution >= 4 is 11.8 Å². The summed E-state index contributed by atoms with van der Waals surface area (Å²) in [5.41, 5.74) is 1.25. The van der Waals surface area contributed by atoms with Crippen LogP contribution >= 0.6 is 11.8 Å². The zero-order chi connectivity index (χ0) is 16.8. The molecule has 0 radical (unpaired) electrons. The number of thioether (sulfide) groups is 1. The van der Waals surface area contributed by atoms with Gasteiger partial charge in [-0.2, -0.15) is 0 Å². The minimum absolute atomic E-state index is 0.721. The van der Waals surface area contributed by atoms with Gasteiger partial charge >= 0.3 is 0 Å². The summed E-state index contributed by atoms with van der Waals surface area (Å²) in [7, 11) is 2.23. The normalized spacial score (nSPS) is 24.3. The highest BCUT2D eigenvalue weighted by Gasteiger charge is 2.24. The molecule has 1 aromatic rings. The predicted molar refractivity (Wildman–Crippen MR) is 100 cm³/mol. The van der Waals surface area contributed by atoms with Crippen LogP contribution < -0.4 is 0 Å². The van der Waals surface area contributed by atoms with Crippen LogP contribution in [0, 0.1) is 0 Å². The number of nitrogens with zero attached hydrogens (tertiary/aromatic N) is 5. The van der Waals surface area contributed by atoms with E-state index < -0.39 is 0 Å². The van der Waals surface area contributed by atoms with E-state index >= 15 is 0 Å². The van der Waals surface area contributed by atoms with Gasteiger partial charge in [0, 0.05) is 56.7 Å². The van der Waals surface area contributed by atoms with Gasteiger partial charge in [-0.25, -0.2) is 9.97 Å². The summed E-state index contributed by atoms with van der Waals surface area (Å²) in [5.74, 6) is 0. The van der Waals surface area contributed by atoms with E-state index in [2.05, 4.69) is 31.7 Å². The Labute approximate surface area is 150 Å². The third-order valence-electron chi connectivity index (χ3n) is 5.37. The number of likely N-dealkylation sites (tertiary alicyclic amines) is 1. The van der Waals surface area contributed by atoms with Crippen LogP contribution in [-0.4, -0.2) is 83.3 Å². The molecule has 0 saturated carbocycles. The summed E-state index contributed by atoms with van der Waals surface area (Å²) in [5, 5.41) is 0.865. The van der Waals surface area contributed by atoms with E-state index in [1.165, 1.54) is 70.5 Å². The standard InChI is InChI=1S/C18H31N5S/c1-21-9-11-22(12-10-21)8-6-17-5-3-4-7-23(17)15-16-13-19-18(24-2)20-14-16/h13-14,17H,3-12,15H2,1-2H3/t17-/m1/s1. The molecule has 2 saturated heterocycles. The van der Waals surface area contributed by atoms with Crippen molar-refractivity contribution in [2.75, 3.05) is 52.6 Å². The molecule has 0 amide bonds. The summed E-state index contributed by atoms with van der Waals surface area (Å²) < 4.78 is 0. The number of piperazine rings is 1. The van der Waals surface area contributed by atoms with Crippen LogP contribution in [-0.2, 0) is 6.54 Å². The summed E-state index contributed by atoms with van der Waals surface area (Å²) in [6.07, 6.45) is 11.4. The molecule has 24 heavy (non-hydrogen) atoms. The Bertz CT molecular complexity index is 487. The maximum absolute atomic E-state index is 4.43. The van der Waals surface area contributed by atoms with Gasteiger partial charge in [0.25, 0.3) is 0 Å².